The predicted molar refractivity (Wildman–Crippen MR) is 72.9 cm³/mol. The molecule has 0 heterocycles. The normalized spacial score (nSPS) is 12.5. The van der Waals surface area contributed by atoms with Gasteiger partial charge in [-0.05, 0) is 39.3 Å². The number of benzene rings is 1. The highest BCUT2D eigenvalue weighted by atomic mass is 35.5. The Labute approximate surface area is 117 Å². The number of halogens is 1. The van der Waals surface area contributed by atoms with Crippen molar-refractivity contribution < 1.29 is 13.3 Å². The molecule has 8 heteroatoms. The Hall–Kier alpha value is -1.18. The second kappa shape index (κ2) is 5.07. The zero-order valence-electron chi connectivity index (χ0n) is 11.0. The molecule has 1 rings (SSSR count). The van der Waals surface area contributed by atoms with E-state index in [1.54, 1.807) is 20.8 Å². The summed E-state index contributed by atoms with van der Waals surface area (Å²) < 4.78 is 26.8. The standard InChI is InChI=1S/C11H15ClN2O4S/c1-7-5-8(12)9(14(15)16)6-10(7)19(17,18)13-11(2,3)4/h5-6,13H,1-4H3. The summed E-state index contributed by atoms with van der Waals surface area (Å²) in [6, 6.07) is 2.25. The maximum absolute atomic E-state index is 12.2. The molecule has 0 saturated heterocycles. The van der Waals surface area contributed by atoms with Gasteiger partial charge in [-0.1, -0.05) is 11.6 Å². The zero-order valence-corrected chi connectivity index (χ0v) is 12.6. The highest BCUT2D eigenvalue weighted by molar-refractivity contribution is 7.89. The third-order valence-corrected chi connectivity index (χ3v) is 4.37. The van der Waals surface area contributed by atoms with Crippen molar-refractivity contribution in [1.29, 1.82) is 0 Å². The van der Waals surface area contributed by atoms with Crippen molar-refractivity contribution in [3.8, 4) is 0 Å². The van der Waals surface area contributed by atoms with Crippen LogP contribution in [0.1, 0.15) is 26.3 Å². The Bertz CT molecular complexity index is 620. The highest BCUT2D eigenvalue weighted by Gasteiger charge is 2.27. The van der Waals surface area contributed by atoms with E-state index in [0.29, 0.717) is 5.56 Å². The first-order chi connectivity index (χ1) is 8.44. The van der Waals surface area contributed by atoms with Gasteiger partial charge in [-0.25, -0.2) is 13.1 Å². The number of hydrogen-bond acceptors (Lipinski definition) is 4. The van der Waals surface area contributed by atoms with Crippen molar-refractivity contribution in [3.05, 3.63) is 32.8 Å². The van der Waals surface area contributed by atoms with Crippen LogP contribution in [-0.2, 0) is 10.0 Å². The first-order valence-electron chi connectivity index (χ1n) is 5.42. The van der Waals surface area contributed by atoms with Gasteiger partial charge in [-0.3, -0.25) is 10.1 Å². The molecule has 0 radical (unpaired) electrons. The Kier molecular flexibility index (Phi) is 4.23. The molecule has 1 aromatic rings. The molecule has 106 valence electrons. The van der Waals surface area contributed by atoms with E-state index in [1.165, 1.54) is 13.0 Å². The van der Waals surface area contributed by atoms with Crippen LogP contribution in [0.3, 0.4) is 0 Å². The lowest BCUT2D eigenvalue weighted by Gasteiger charge is -2.21. The van der Waals surface area contributed by atoms with Crippen LogP contribution in [0.5, 0.6) is 0 Å². The summed E-state index contributed by atoms with van der Waals surface area (Å²) in [5, 5.41) is 10.7. The molecular formula is C11H15ClN2O4S. The molecule has 0 aliphatic heterocycles. The largest absolute Gasteiger partial charge is 0.289 e. The number of hydrogen-bond donors (Lipinski definition) is 1. The van der Waals surface area contributed by atoms with Crippen LogP contribution >= 0.6 is 11.6 Å². The van der Waals surface area contributed by atoms with Gasteiger partial charge < -0.3 is 0 Å². The quantitative estimate of drug-likeness (QED) is 0.686. The molecule has 6 nitrogen and oxygen atoms in total. The molecule has 0 aliphatic carbocycles. The van der Waals surface area contributed by atoms with E-state index in [-0.39, 0.29) is 9.92 Å². The maximum atomic E-state index is 12.2. The summed E-state index contributed by atoms with van der Waals surface area (Å²) in [7, 11) is -3.83. The van der Waals surface area contributed by atoms with Crippen molar-refractivity contribution in [2.75, 3.05) is 0 Å². The van der Waals surface area contributed by atoms with Crippen molar-refractivity contribution in [1.82, 2.24) is 4.72 Å². The van der Waals surface area contributed by atoms with E-state index in [0.717, 1.165) is 6.07 Å². The second-order valence-electron chi connectivity index (χ2n) is 5.18. The summed E-state index contributed by atoms with van der Waals surface area (Å²) >= 11 is 5.72. The second-order valence-corrected chi connectivity index (χ2v) is 7.24. The lowest BCUT2D eigenvalue weighted by Crippen LogP contribution is -2.40. The third kappa shape index (κ3) is 3.89. The molecule has 0 fully saturated rings. The van der Waals surface area contributed by atoms with Gasteiger partial charge in [0, 0.05) is 11.6 Å². The van der Waals surface area contributed by atoms with E-state index in [9.17, 15) is 18.5 Å². The maximum Gasteiger partial charge on any atom is 0.289 e. The van der Waals surface area contributed by atoms with Crippen molar-refractivity contribution >= 4 is 27.3 Å². The molecule has 0 bridgehead atoms. The highest BCUT2D eigenvalue weighted by Crippen LogP contribution is 2.30. The number of sulfonamides is 1. The summed E-state index contributed by atoms with van der Waals surface area (Å²) in [5.74, 6) is 0. The number of rotatable bonds is 3. The number of nitrogens with zero attached hydrogens (tertiary/aromatic N) is 1. The topological polar surface area (TPSA) is 89.3 Å². The predicted octanol–water partition coefficient (Wildman–Crippen LogP) is 2.63. The van der Waals surface area contributed by atoms with E-state index in [1.807, 2.05) is 0 Å². The number of nitro benzene ring substituents is 1. The molecule has 0 saturated carbocycles. The van der Waals surface area contributed by atoms with Crippen LogP contribution in [0, 0.1) is 17.0 Å². The summed E-state index contributed by atoms with van der Waals surface area (Å²) in [6.07, 6.45) is 0. The van der Waals surface area contributed by atoms with E-state index < -0.39 is 26.2 Å². The number of nitrogens with one attached hydrogen (secondary N) is 1. The first kappa shape index (κ1) is 15.9. The van der Waals surface area contributed by atoms with Gasteiger partial charge in [-0.2, -0.15) is 0 Å². The molecule has 0 atom stereocenters. The lowest BCUT2D eigenvalue weighted by atomic mass is 10.1. The van der Waals surface area contributed by atoms with Crippen LogP contribution in [0.4, 0.5) is 5.69 Å². The molecule has 19 heavy (non-hydrogen) atoms. The Morgan fingerprint density at radius 2 is 1.84 bits per heavy atom. The van der Waals surface area contributed by atoms with Crippen LogP contribution in [-0.4, -0.2) is 18.9 Å². The Balaban J connectivity index is 3.43. The fourth-order valence-electron chi connectivity index (χ4n) is 1.53. The monoisotopic (exact) mass is 306 g/mol. The minimum Gasteiger partial charge on any atom is -0.258 e. The molecule has 1 N–H and O–H groups in total. The van der Waals surface area contributed by atoms with E-state index >= 15 is 0 Å². The van der Waals surface area contributed by atoms with E-state index in [4.69, 9.17) is 11.6 Å². The van der Waals surface area contributed by atoms with Gasteiger partial charge in [0.15, 0.2) is 0 Å². The first-order valence-corrected chi connectivity index (χ1v) is 7.29. The van der Waals surface area contributed by atoms with Gasteiger partial charge in [0.25, 0.3) is 5.69 Å². The van der Waals surface area contributed by atoms with Gasteiger partial charge in [0.1, 0.15) is 5.02 Å². The SMILES string of the molecule is Cc1cc(Cl)c([N+](=O)[O-])cc1S(=O)(=O)NC(C)(C)C. The summed E-state index contributed by atoms with van der Waals surface area (Å²) in [5.41, 5.74) is -0.756. The van der Waals surface area contributed by atoms with Crippen LogP contribution in [0.15, 0.2) is 17.0 Å². The fourth-order valence-corrected chi connectivity index (χ4v) is 3.48. The summed E-state index contributed by atoms with van der Waals surface area (Å²) in [6.45, 7) is 6.59. The molecule has 0 aliphatic rings. The number of aryl methyl sites for hydroxylation is 1. The lowest BCUT2D eigenvalue weighted by molar-refractivity contribution is -0.384. The smallest absolute Gasteiger partial charge is 0.258 e. The summed E-state index contributed by atoms with van der Waals surface area (Å²) in [4.78, 5) is 9.95. The van der Waals surface area contributed by atoms with Crippen molar-refractivity contribution in [3.63, 3.8) is 0 Å². The van der Waals surface area contributed by atoms with Crippen LogP contribution in [0.25, 0.3) is 0 Å². The Morgan fingerprint density at radius 1 is 1.32 bits per heavy atom. The molecule has 0 aromatic heterocycles. The van der Waals surface area contributed by atoms with Gasteiger partial charge in [0.05, 0.1) is 9.82 Å². The number of nitro groups is 1. The average molecular weight is 307 g/mol. The van der Waals surface area contributed by atoms with Gasteiger partial charge in [0.2, 0.25) is 10.0 Å². The minimum absolute atomic E-state index is 0.0859. The van der Waals surface area contributed by atoms with Gasteiger partial charge in [-0.15, -0.1) is 0 Å². The Morgan fingerprint density at radius 3 is 2.26 bits per heavy atom. The van der Waals surface area contributed by atoms with Crippen molar-refractivity contribution in [2.24, 2.45) is 0 Å². The van der Waals surface area contributed by atoms with Gasteiger partial charge >= 0.3 is 0 Å². The third-order valence-electron chi connectivity index (χ3n) is 2.17. The molecular weight excluding hydrogens is 292 g/mol. The molecule has 0 spiro atoms. The average Bonchev–Trinajstić information content (AvgIpc) is 2.11. The van der Waals surface area contributed by atoms with E-state index in [2.05, 4.69) is 4.72 Å². The van der Waals surface area contributed by atoms with Crippen molar-refractivity contribution in [2.45, 2.75) is 38.1 Å². The minimum atomic E-state index is -3.83. The van der Waals surface area contributed by atoms with Crippen LogP contribution < -0.4 is 4.72 Å². The molecule has 0 unspecified atom stereocenters. The fraction of sp³-hybridized carbons (Fsp3) is 0.455. The molecule has 0 amide bonds. The van der Waals surface area contributed by atoms with Crippen LogP contribution in [0.2, 0.25) is 5.02 Å². The molecule has 1 aromatic carbocycles. The zero-order chi connectivity index (χ0) is 15.0.